The van der Waals surface area contributed by atoms with Crippen LogP contribution in [0, 0.1) is 22.5 Å². The number of non-ortho nitro benzene ring substituents is 1. The number of hydrogen-bond donors (Lipinski definition) is 2. The standard InChI is InChI=1S/C15H12N2O3/c1-2-11-4-3-5-13(8-11)16-10-12-6-7-14(17(19)20)9-15(12)18/h1,3-9,16,18H,10H2. The van der Waals surface area contributed by atoms with Crippen LogP contribution in [0.4, 0.5) is 11.4 Å². The van der Waals surface area contributed by atoms with E-state index in [9.17, 15) is 15.2 Å². The zero-order valence-electron chi connectivity index (χ0n) is 10.5. The lowest BCUT2D eigenvalue weighted by Gasteiger charge is -2.08. The maximum Gasteiger partial charge on any atom is 0.273 e. The van der Waals surface area contributed by atoms with Crippen molar-refractivity contribution in [3.8, 4) is 18.1 Å². The first-order chi connectivity index (χ1) is 9.60. The van der Waals surface area contributed by atoms with Crippen LogP contribution in [0.25, 0.3) is 0 Å². The third-order valence-electron chi connectivity index (χ3n) is 2.79. The van der Waals surface area contributed by atoms with Crippen LogP contribution in [0.1, 0.15) is 11.1 Å². The fourth-order valence-corrected chi connectivity index (χ4v) is 1.73. The first kappa shape index (κ1) is 13.4. The molecular formula is C15H12N2O3. The van der Waals surface area contributed by atoms with E-state index < -0.39 is 4.92 Å². The predicted molar refractivity (Wildman–Crippen MR) is 76.5 cm³/mol. The second-order valence-electron chi connectivity index (χ2n) is 4.15. The number of benzene rings is 2. The monoisotopic (exact) mass is 268 g/mol. The molecule has 0 radical (unpaired) electrons. The highest BCUT2D eigenvalue weighted by Crippen LogP contribution is 2.24. The largest absolute Gasteiger partial charge is 0.507 e. The van der Waals surface area contributed by atoms with Gasteiger partial charge in [-0.15, -0.1) is 6.42 Å². The maximum absolute atomic E-state index is 10.6. The van der Waals surface area contributed by atoms with Crippen molar-refractivity contribution in [3.05, 3.63) is 63.7 Å². The van der Waals surface area contributed by atoms with Crippen LogP contribution in [0.5, 0.6) is 5.75 Å². The average Bonchev–Trinajstić information content (AvgIpc) is 2.46. The lowest BCUT2D eigenvalue weighted by atomic mass is 10.1. The first-order valence-electron chi connectivity index (χ1n) is 5.87. The molecule has 2 N–H and O–H groups in total. The van der Waals surface area contributed by atoms with Crippen molar-refractivity contribution in [2.45, 2.75) is 6.54 Å². The van der Waals surface area contributed by atoms with Crippen LogP contribution in [-0.4, -0.2) is 10.0 Å². The van der Waals surface area contributed by atoms with Crippen molar-refractivity contribution < 1.29 is 10.0 Å². The van der Waals surface area contributed by atoms with Gasteiger partial charge in [0.2, 0.25) is 0 Å². The lowest BCUT2D eigenvalue weighted by Crippen LogP contribution is -2.00. The third-order valence-corrected chi connectivity index (χ3v) is 2.79. The number of anilines is 1. The van der Waals surface area contributed by atoms with E-state index >= 15 is 0 Å². The predicted octanol–water partition coefficient (Wildman–Crippen LogP) is 2.89. The van der Waals surface area contributed by atoms with Crippen molar-refractivity contribution >= 4 is 11.4 Å². The average molecular weight is 268 g/mol. The Morgan fingerprint density at radius 2 is 2.10 bits per heavy atom. The van der Waals surface area contributed by atoms with E-state index in [4.69, 9.17) is 6.42 Å². The van der Waals surface area contributed by atoms with E-state index in [-0.39, 0.29) is 11.4 Å². The Balaban J connectivity index is 2.11. The van der Waals surface area contributed by atoms with Crippen LogP contribution in [0.3, 0.4) is 0 Å². The number of nitrogens with zero attached hydrogens (tertiary/aromatic N) is 1. The molecule has 0 bridgehead atoms. The third kappa shape index (κ3) is 3.06. The molecule has 20 heavy (non-hydrogen) atoms. The van der Waals surface area contributed by atoms with Crippen molar-refractivity contribution in [2.24, 2.45) is 0 Å². The molecule has 0 saturated carbocycles. The number of nitrogens with one attached hydrogen (secondary N) is 1. The molecule has 0 unspecified atom stereocenters. The van der Waals surface area contributed by atoms with E-state index in [0.717, 1.165) is 17.3 Å². The molecule has 0 aliphatic carbocycles. The summed E-state index contributed by atoms with van der Waals surface area (Å²) >= 11 is 0. The SMILES string of the molecule is C#Cc1cccc(NCc2ccc([N+](=O)[O-])cc2O)c1. The van der Waals surface area contributed by atoms with E-state index in [1.807, 2.05) is 24.3 Å². The zero-order valence-corrected chi connectivity index (χ0v) is 10.5. The van der Waals surface area contributed by atoms with Crippen LogP contribution in [-0.2, 0) is 6.54 Å². The quantitative estimate of drug-likeness (QED) is 0.508. The van der Waals surface area contributed by atoms with Gasteiger partial charge in [-0.1, -0.05) is 12.0 Å². The zero-order chi connectivity index (χ0) is 14.5. The molecule has 2 rings (SSSR count). The Morgan fingerprint density at radius 3 is 2.75 bits per heavy atom. The molecule has 0 amide bonds. The highest BCUT2D eigenvalue weighted by molar-refractivity contribution is 5.51. The Labute approximate surface area is 116 Å². The van der Waals surface area contributed by atoms with E-state index in [2.05, 4.69) is 11.2 Å². The number of nitro benzene ring substituents is 1. The number of phenolic OH excluding ortho intramolecular Hbond substituents is 1. The molecular weight excluding hydrogens is 256 g/mol. The molecule has 5 nitrogen and oxygen atoms in total. The van der Waals surface area contributed by atoms with Crippen LogP contribution in [0.15, 0.2) is 42.5 Å². The summed E-state index contributed by atoms with van der Waals surface area (Å²) in [4.78, 5) is 10.0. The minimum atomic E-state index is -0.548. The minimum absolute atomic E-state index is 0.111. The first-order valence-corrected chi connectivity index (χ1v) is 5.87. The Morgan fingerprint density at radius 1 is 1.30 bits per heavy atom. The van der Waals surface area contributed by atoms with Crippen LogP contribution >= 0.6 is 0 Å². The lowest BCUT2D eigenvalue weighted by molar-refractivity contribution is -0.384. The van der Waals surface area contributed by atoms with Gasteiger partial charge in [0.15, 0.2) is 0 Å². The number of terminal acetylenes is 1. The van der Waals surface area contributed by atoms with Gasteiger partial charge in [0.25, 0.3) is 5.69 Å². The Bertz CT molecular complexity index is 690. The minimum Gasteiger partial charge on any atom is -0.507 e. The summed E-state index contributed by atoms with van der Waals surface area (Å²) in [7, 11) is 0. The fourth-order valence-electron chi connectivity index (χ4n) is 1.73. The number of aromatic hydroxyl groups is 1. The highest BCUT2D eigenvalue weighted by Gasteiger charge is 2.09. The summed E-state index contributed by atoms with van der Waals surface area (Å²) in [5, 5.41) is 23.4. The van der Waals surface area contributed by atoms with Gasteiger partial charge in [-0.25, -0.2) is 0 Å². The van der Waals surface area contributed by atoms with Crippen LogP contribution in [0.2, 0.25) is 0 Å². The summed E-state index contributed by atoms with van der Waals surface area (Å²) < 4.78 is 0. The Hall–Kier alpha value is -3.00. The topological polar surface area (TPSA) is 75.4 Å². The van der Waals surface area contributed by atoms with Gasteiger partial charge in [0.05, 0.1) is 11.0 Å². The fraction of sp³-hybridized carbons (Fsp3) is 0.0667. The molecule has 0 aromatic heterocycles. The Kier molecular flexibility index (Phi) is 3.87. The summed E-state index contributed by atoms with van der Waals surface area (Å²) in [6.45, 7) is 0.345. The second kappa shape index (κ2) is 5.76. The summed E-state index contributed by atoms with van der Waals surface area (Å²) in [6, 6.07) is 11.3. The van der Waals surface area contributed by atoms with Gasteiger partial charge in [0.1, 0.15) is 5.75 Å². The molecule has 0 saturated heterocycles. The van der Waals surface area contributed by atoms with Crippen molar-refractivity contribution in [1.29, 1.82) is 0 Å². The summed E-state index contributed by atoms with van der Waals surface area (Å²) in [5.74, 6) is 2.42. The van der Waals surface area contributed by atoms with Gasteiger partial charge in [-0.3, -0.25) is 10.1 Å². The molecule has 0 heterocycles. The van der Waals surface area contributed by atoms with E-state index in [1.165, 1.54) is 12.1 Å². The highest BCUT2D eigenvalue weighted by atomic mass is 16.6. The van der Waals surface area contributed by atoms with Crippen molar-refractivity contribution in [3.63, 3.8) is 0 Å². The molecule has 0 aliphatic heterocycles. The number of hydrogen-bond acceptors (Lipinski definition) is 4. The van der Waals surface area contributed by atoms with E-state index in [1.54, 1.807) is 0 Å². The molecule has 0 spiro atoms. The molecule has 0 fully saturated rings. The van der Waals surface area contributed by atoms with Crippen molar-refractivity contribution in [2.75, 3.05) is 5.32 Å². The molecule has 5 heteroatoms. The molecule has 100 valence electrons. The number of phenols is 1. The van der Waals surface area contributed by atoms with Crippen LogP contribution < -0.4 is 5.32 Å². The molecule has 0 atom stereocenters. The van der Waals surface area contributed by atoms with Gasteiger partial charge >= 0.3 is 0 Å². The summed E-state index contributed by atoms with van der Waals surface area (Å²) in [6.07, 6.45) is 5.31. The molecule has 0 aliphatic rings. The maximum atomic E-state index is 10.6. The van der Waals surface area contributed by atoms with Gasteiger partial charge in [-0.2, -0.15) is 0 Å². The summed E-state index contributed by atoms with van der Waals surface area (Å²) in [5.41, 5.74) is 2.00. The van der Waals surface area contributed by atoms with Gasteiger partial charge < -0.3 is 10.4 Å². The number of rotatable bonds is 4. The smallest absolute Gasteiger partial charge is 0.273 e. The molecule has 2 aromatic rings. The number of nitro groups is 1. The normalized spacial score (nSPS) is 9.75. The molecule has 2 aromatic carbocycles. The van der Waals surface area contributed by atoms with Gasteiger partial charge in [0, 0.05) is 29.4 Å². The van der Waals surface area contributed by atoms with Gasteiger partial charge in [-0.05, 0) is 24.3 Å². The van der Waals surface area contributed by atoms with Crippen molar-refractivity contribution in [1.82, 2.24) is 0 Å². The second-order valence-corrected chi connectivity index (χ2v) is 4.15. The van der Waals surface area contributed by atoms with E-state index in [0.29, 0.717) is 12.1 Å².